The summed E-state index contributed by atoms with van der Waals surface area (Å²) in [4.78, 5) is 10.2. The molecule has 1 fully saturated rings. The van der Waals surface area contributed by atoms with Crippen molar-refractivity contribution in [3.63, 3.8) is 0 Å². The molecule has 2 heterocycles. The maximum absolute atomic E-state index is 12.5. The van der Waals surface area contributed by atoms with Gasteiger partial charge in [0.05, 0.1) is 17.6 Å². The van der Waals surface area contributed by atoms with Gasteiger partial charge in [-0.2, -0.15) is 13.2 Å². The van der Waals surface area contributed by atoms with Gasteiger partial charge in [0.15, 0.2) is 5.96 Å². The van der Waals surface area contributed by atoms with Crippen molar-refractivity contribution in [3.8, 4) is 0 Å². The van der Waals surface area contributed by atoms with Gasteiger partial charge in [-0.15, -0.1) is 0 Å². The lowest BCUT2D eigenvalue weighted by Gasteiger charge is -2.20. The Morgan fingerprint density at radius 2 is 2.11 bits per heavy atom. The Hall–Kier alpha value is -2.29. The van der Waals surface area contributed by atoms with Gasteiger partial charge in [-0.1, -0.05) is 12.1 Å². The molecule has 0 saturated carbocycles. The van der Waals surface area contributed by atoms with Gasteiger partial charge in [-0.3, -0.25) is 9.89 Å². The summed E-state index contributed by atoms with van der Waals surface area (Å²) < 4.78 is 39.7. The fourth-order valence-corrected chi connectivity index (χ4v) is 3.66. The molecular formula is C19H27F3N6. The average molecular weight is 396 g/mol. The molecule has 1 aromatic carbocycles. The minimum atomic E-state index is -4.15. The monoisotopic (exact) mass is 396 g/mol. The van der Waals surface area contributed by atoms with Gasteiger partial charge in [0.25, 0.3) is 0 Å². The van der Waals surface area contributed by atoms with Crippen LogP contribution in [0.1, 0.15) is 18.7 Å². The predicted octanol–water partition coefficient (Wildman–Crippen LogP) is 2.54. The molecule has 1 aliphatic rings. The van der Waals surface area contributed by atoms with Crippen molar-refractivity contribution in [1.82, 2.24) is 25.1 Å². The number of fused-ring (bicyclic) bond motifs is 1. The second kappa shape index (κ2) is 8.81. The van der Waals surface area contributed by atoms with Crippen molar-refractivity contribution in [2.45, 2.75) is 38.5 Å². The van der Waals surface area contributed by atoms with Crippen LogP contribution in [0.3, 0.4) is 0 Å². The smallest absolute Gasteiger partial charge is 0.356 e. The molecule has 3 rings (SSSR count). The Kier molecular flexibility index (Phi) is 6.43. The van der Waals surface area contributed by atoms with Crippen molar-refractivity contribution >= 4 is 17.0 Å². The third-order valence-corrected chi connectivity index (χ3v) is 4.94. The minimum Gasteiger partial charge on any atom is -0.356 e. The Morgan fingerprint density at radius 1 is 1.32 bits per heavy atom. The van der Waals surface area contributed by atoms with Crippen LogP contribution in [0, 0.1) is 6.92 Å². The van der Waals surface area contributed by atoms with Crippen LogP contribution in [-0.2, 0) is 6.54 Å². The molecule has 0 spiro atoms. The number of hydrogen-bond donors (Lipinski definition) is 2. The van der Waals surface area contributed by atoms with Crippen molar-refractivity contribution in [1.29, 1.82) is 0 Å². The van der Waals surface area contributed by atoms with Crippen LogP contribution in [0.15, 0.2) is 29.3 Å². The minimum absolute atomic E-state index is 0.0200. The third-order valence-electron chi connectivity index (χ3n) is 4.94. The first-order valence-electron chi connectivity index (χ1n) is 9.54. The lowest BCUT2D eigenvalue weighted by atomic mass is 10.3. The lowest BCUT2D eigenvalue weighted by molar-refractivity contribution is -0.143. The number of rotatable bonds is 6. The first-order chi connectivity index (χ1) is 13.4. The highest BCUT2D eigenvalue weighted by Gasteiger charge is 2.34. The largest absolute Gasteiger partial charge is 0.401 e. The van der Waals surface area contributed by atoms with Crippen molar-refractivity contribution < 1.29 is 13.2 Å². The molecule has 0 radical (unpaired) electrons. The second-order valence-corrected chi connectivity index (χ2v) is 7.13. The van der Waals surface area contributed by atoms with Gasteiger partial charge in [0.1, 0.15) is 5.82 Å². The molecule has 9 heteroatoms. The maximum Gasteiger partial charge on any atom is 0.401 e. The summed E-state index contributed by atoms with van der Waals surface area (Å²) in [5.41, 5.74) is 2.12. The van der Waals surface area contributed by atoms with E-state index in [9.17, 15) is 13.2 Å². The number of benzene rings is 1. The summed E-state index contributed by atoms with van der Waals surface area (Å²) in [6.07, 6.45) is -2.59. The number of likely N-dealkylation sites (tertiary alicyclic amines) is 1. The number of hydrogen-bond acceptors (Lipinski definition) is 3. The number of guanidine groups is 1. The summed E-state index contributed by atoms with van der Waals surface area (Å²) >= 11 is 0. The van der Waals surface area contributed by atoms with Crippen LogP contribution >= 0.6 is 0 Å². The van der Waals surface area contributed by atoms with E-state index >= 15 is 0 Å². The van der Waals surface area contributed by atoms with E-state index in [0.717, 1.165) is 29.8 Å². The average Bonchev–Trinajstić information content (AvgIpc) is 3.19. The van der Waals surface area contributed by atoms with E-state index in [4.69, 9.17) is 0 Å². The quantitative estimate of drug-likeness (QED) is 0.448. The number of para-hydroxylation sites is 2. The molecule has 1 unspecified atom stereocenters. The van der Waals surface area contributed by atoms with Crippen molar-refractivity contribution in [3.05, 3.63) is 30.1 Å². The van der Waals surface area contributed by atoms with E-state index in [1.165, 1.54) is 4.90 Å². The van der Waals surface area contributed by atoms with Gasteiger partial charge >= 0.3 is 6.18 Å². The number of aliphatic imine (C=N–C) groups is 1. The first kappa shape index (κ1) is 20.4. The number of aryl methyl sites for hydroxylation is 2. The highest BCUT2D eigenvalue weighted by molar-refractivity contribution is 5.80. The Labute approximate surface area is 162 Å². The molecule has 1 aliphatic heterocycles. The zero-order valence-electron chi connectivity index (χ0n) is 16.3. The molecular weight excluding hydrogens is 369 g/mol. The number of nitrogens with zero attached hydrogens (tertiary/aromatic N) is 4. The topological polar surface area (TPSA) is 57.5 Å². The predicted molar refractivity (Wildman–Crippen MR) is 104 cm³/mol. The van der Waals surface area contributed by atoms with Gasteiger partial charge < -0.3 is 15.2 Å². The SMILES string of the molecule is CN=C(NCCCn1c(C)nc2ccccc21)NC1CCN(CC(F)(F)F)C1. The van der Waals surface area contributed by atoms with E-state index < -0.39 is 12.7 Å². The summed E-state index contributed by atoms with van der Waals surface area (Å²) in [7, 11) is 1.67. The molecule has 1 aromatic heterocycles. The third kappa shape index (κ3) is 5.37. The molecule has 154 valence electrons. The molecule has 6 nitrogen and oxygen atoms in total. The highest BCUT2D eigenvalue weighted by atomic mass is 19.4. The summed E-state index contributed by atoms with van der Waals surface area (Å²) in [6, 6.07) is 8.04. The van der Waals surface area contributed by atoms with Gasteiger partial charge in [0.2, 0.25) is 0 Å². The van der Waals surface area contributed by atoms with Crippen LogP contribution in [0.5, 0.6) is 0 Å². The van der Waals surface area contributed by atoms with Crippen LogP contribution in [-0.4, -0.2) is 65.9 Å². The molecule has 0 bridgehead atoms. The summed E-state index contributed by atoms with van der Waals surface area (Å²) in [5, 5.41) is 6.48. The van der Waals surface area contributed by atoms with Gasteiger partial charge in [-0.05, 0) is 31.9 Å². The molecule has 28 heavy (non-hydrogen) atoms. The Morgan fingerprint density at radius 3 is 2.86 bits per heavy atom. The molecule has 0 aliphatic carbocycles. The van der Waals surface area contributed by atoms with Crippen LogP contribution in [0.25, 0.3) is 11.0 Å². The summed E-state index contributed by atoms with van der Waals surface area (Å²) in [5.74, 6) is 1.62. The molecule has 2 aromatic rings. The fraction of sp³-hybridized carbons (Fsp3) is 0.579. The number of nitrogens with one attached hydrogen (secondary N) is 2. The van der Waals surface area contributed by atoms with E-state index in [1.54, 1.807) is 7.05 Å². The van der Waals surface area contributed by atoms with Crippen molar-refractivity contribution in [2.75, 3.05) is 33.2 Å². The first-order valence-corrected chi connectivity index (χ1v) is 9.54. The van der Waals surface area contributed by atoms with Gasteiger partial charge in [0, 0.05) is 39.3 Å². The maximum atomic E-state index is 12.5. The zero-order chi connectivity index (χ0) is 20.1. The van der Waals surface area contributed by atoms with E-state index in [2.05, 4.69) is 31.2 Å². The van der Waals surface area contributed by atoms with Crippen LogP contribution in [0.4, 0.5) is 13.2 Å². The molecule has 2 N–H and O–H groups in total. The molecule has 1 atom stereocenters. The van der Waals surface area contributed by atoms with E-state index in [1.807, 2.05) is 25.1 Å². The zero-order valence-corrected chi connectivity index (χ0v) is 16.3. The fourth-order valence-electron chi connectivity index (χ4n) is 3.66. The number of halogens is 3. The number of aromatic nitrogens is 2. The van der Waals surface area contributed by atoms with Crippen LogP contribution in [0.2, 0.25) is 0 Å². The standard InChI is InChI=1S/C19H27F3N6/c1-14-25-16-6-3-4-7-17(16)28(14)10-5-9-24-18(23-2)26-15-8-11-27(12-15)13-19(20,21)22/h3-4,6-7,15H,5,8-13H2,1-2H3,(H2,23,24,26). The molecule has 1 saturated heterocycles. The van der Waals surface area contributed by atoms with Crippen molar-refractivity contribution in [2.24, 2.45) is 4.99 Å². The van der Waals surface area contributed by atoms with E-state index in [0.29, 0.717) is 32.0 Å². The number of alkyl halides is 3. The van der Waals surface area contributed by atoms with Gasteiger partial charge in [-0.25, -0.2) is 4.98 Å². The summed E-state index contributed by atoms with van der Waals surface area (Å²) in [6.45, 7) is 3.52. The molecule has 0 amide bonds. The highest BCUT2D eigenvalue weighted by Crippen LogP contribution is 2.20. The number of imidazole rings is 1. The van der Waals surface area contributed by atoms with E-state index in [-0.39, 0.29) is 6.04 Å². The normalized spacial score (nSPS) is 18.8. The Balaban J connectivity index is 1.43. The second-order valence-electron chi connectivity index (χ2n) is 7.13. The lowest BCUT2D eigenvalue weighted by Crippen LogP contribution is -2.45. The van der Waals surface area contributed by atoms with Crippen LogP contribution < -0.4 is 10.6 Å². The Bertz CT molecular complexity index is 814.